The molecule has 6 aromatic carbocycles. The second-order valence-corrected chi connectivity index (χ2v) is 16.2. The molecule has 0 aromatic heterocycles. The van der Waals surface area contributed by atoms with Crippen molar-refractivity contribution < 1.29 is 44.9 Å². The number of rotatable bonds is 18. The van der Waals surface area contributed by atoms with Crippen LogP contribution in [0, 0.1) is 13.8 Å². The Morgan fingerprint density at radius 3 is 1.56 bits per heavy atom. The zero-order chi connectivity index (χ0) is 42.3. The first kappa shape index (κ1) is 43.2. The third kappa shape index (κ3) is 11.0. The average Bonchev–Trinajstić information content (AvgIpc) is 3.20. The van der Waals surface area contributed by atoms with Gasteiger partial charge in [-0.05, 0) is 127 Å². The zero-order valence-corrected chi connectivity index (χ0v) is 33.7. The van der Waals surface area contributed by atoms with Crippen LogP contribution >= 0.6 is 10.9 Å². The molecule has 0 bridgehead atoms. The van der Waals surface area contributed by atoms with Crippen LogP contribution in [0.15, 0.2) is 120 Å². The molecule has 0 saturated heterocycles. The Labute approximate surface area is 344 Å². The number of unbranched alkanes of at least 4 members (excludes halogenated alkanes) is 5. The lowest BCUT2D eigenvalue weighted by Gasteiger charge is -2.30. The minimum Gasteiger partial charge on any atom is -0.304 e. The van der Waals surface area contributed by atoms with Crippen LogP contribution in [-0.2, 0) is 12.8 Å². The van der Waals surface area contributed by atoms with Crippen LogP contribution in [0.25, 0.3) is 21.9 Å². The Balaban J connectivity index is 1.02. The van der Waals surface area contributed by atoms with Crippen LogP contribution in [0.2, 0.25) is 0 Å². The van der Waals surface area contributed by atoms with E-state index in [2.05, 4.69) is 42.7 Å². The van der Waals surface area contributed by atoms with Crippen molar-refractivity contribution in [2.24, 2.45) is 0 Å². The molecule has 14 nitrogen and oxygen atoms in total. The predicted octanol–water partition coefficient (Wildman–Crippen LogP) is 11.8. The van der Waals surface area contributed by atoms with Gasteiger partial charge >= 0.3 is 0 Å². The van der Waals surface area contributed by atoms with Gasteiger partial charge in [-0.3, -0.25) is 41.7 Å². The Bertz CT molecular complexity index is 2290. The van der Waals surface area contributed by atoms with Crippen LogP contribution < -0.4 is 26.1 Å². The third-order valence-electron chi connectivity index (χ3n) is 10.3. The fourth-order valence-corrected chi connectivity index (χ4v) is 7.69. The van der Waals surface area contributed by atoms with Crippen LogP contribution in [0.4, 0.5) is 34.1 Å². The summed E-state index contributed by atoms with van der Waals surface area (Å²) in [4.78, 5) is 0.0952. The average molecular weight is 826 g/mol. The van der Waals surface area contributed by atoms with Gasteiger partial charge in [-0.15, -0.1) is 15.7 Å². The smallest absolute Gasteiger partial charge is 0.124 e. The van der Waals surface area contributed by atoms with Gasteiger partial charge in [0.15, 0.2) is 0 Å². The molecule has 15 heteroatoms. The zero-order valence-electron chi connectivity index (χ0n) is 32.8. The normalized spacial score (nSPS) is 11.8. The standard InChI is InChI=1S/C44H51N5O9S/c1-30-11-18-36(19-12-30)46(45-44-42(48(52)53)28-38(47(50)51)29-43(44)49(54)55)37-20-13-32(14-21-37)9-7-5-3-4-6-8-10-33-15-24-40-35(27-33)25-31(2)26-41(40)34-16-22-39(23-17-34)59(56,57)58/h11-29,45,50-58H,3-10H2,1-2H3. The van der Waals surface area contributed by atoms with Gasteiger partial charge in [0.25, 0.3) is 0 Å². The van der Waals surface area contributed by atoms with Crippen molar-refractivity contribution in [3.8, 4) is 11.1 Å². The van der Waals surface area contributed by atoms with Gasteiger partial charge in [-0.1, -0.05) is 98.0 Å². The largest absolute Gasteiger partial charge is 0.304 e. The highest BCUT2D eigenvalue weighted by Crippen LogP contribution is 2.44. The number of nitrogens with zero attached hydrogens (tertiary/aromatic N) is 4. The summed E-state index contributed by atoms with van der Waals surface area (Å²) in [5.74, 6) is 0. The van der Waals surface area contributed by atoms with Gasteiger partial charge in [-0.2, -0.15) is 0 Å². The van der Waals surface area contributed by atoms with Crippen molar-refractivity contribution in [1.82, 2.24) is 0 Å². The maximum absolute atomic E-state index is 10.0. The first-order chi connectivity index (χ1) is 28.2. The Morgan fingerprint density at radius 2 is 1.02 bits per heavy atom. The molecule has 0 aliphatic rings. The highest BCUT2D eigenvalue weighted by molar-refractivity contribution is 8.19. The molecular formula is C44H51N5O9S. The molecule has 59 heavy (non-hydrogen) atoms. The molecule has 0 aliphatic heterocycles. The first-order valence-corrected chi connectivity index (χ1v) is 20.8. The summed E-state index contributed by atoms with van der Waals surface area (Å²) in [7, 11) is -3.75. The Morgan fingerprint density at radius 1 is 0.492 bits per heavy atom. The molecular weight excluding hydrogens is 775 g/mol. The van der Waals surface area contributed by atoms with Gasteiger partial charge in [0.1, 0.15) is 27.9 Å². The fraction of sp³-hybridized carbons (Fsp3) is 0.227. The number of aryl methyl sites for hydroxylation is 4. The van der Waals surface area contributed by atoms with E-state index in [1.54, 1.807) is 29.3 Å². The first-order valence-electron chi connectivity index (χ1n) is 19.3. The molecule has 6 rings (SSSR count). The quantitative estimate of drug-likeness (QED) is 0.0289. The van der Waals surface area contributed by atoms with Crippen LogP contribution in [0.3, 0.4) is 0 Å². The van der Waals surface area contributed by atoms with E-state index in [4.69, 9.17) is 0 Å². The van der Waals surface area contributed by atoms with Gasteiger partial charge in [-0.25, -0.2) is 0 Å². The van der Waals surface area contributed by atoms with Crippen molar-refractivity contribution in [2.75, 3.05) is 26.1 Å². The highest BCUT2D eigenvalue weighted by Gasteiger charge is 2.23. The number of fused-ring (bicyclic) bond motifs is 1. The number of hydrogen-bond acceptors (Lipinski definition) is 14. The monoisotopic (exact) mass is 825 g/mol. The van der Waals surface area contributed by atoms with Gasteiger partial charge < -0.3 is 13.7 Å². The number of anilines is 6. The molecule has 0 spiro atoms. The summed E-state index contributed by atoms with van der Waals surface area (Å²) < 4.78 is 28.7. The molecule has 0 saturated carbocycles. The molecule has 0 atom stereocenters. The molecule has 312 valence electrons. The lowest BCUT2D eigenvalue weighted by Crippen LogP contribution is -2.28. The minimum atomic E-state index is -3.75. The van der Waals surface area contributed by atoms with E-state index in [-0.39, 0.29) is 31.9 Å². The van der Waals surface area contributed by atoms with Crippen molar-refractivity contribution in [1.29, 1.82) is 0 Å². The van der Waals surface area contributed by atoms with E-state index in [0.29, 0.717) is 11.4 Å². The van der Waals surface area contributed by atoms with Crippen molar-refractivity contribution in [3.05, 3.63) is 138 Å². The highest BCUT2D eigenvalue weighted by atomic mass is 32.3. The van der Waals surface area contributed by atoms with Crippen molar-refractivity contribution in [3.63, 3.8) is 0 Å². The van der Waals surface area contributed by atoms with Gasteiger partial charge in [0.05, 0.1) is 22.0 Å². The van der Waals surface area contributed by atoms with Crippen molar-refractivity contribution >= 4 is 55.8 Å². The molecule has 0 amide bonds. The number of benzene rings is 6. The van der Waals surface area contributed by atoms with Crippen LogP contribution in [0.1, 0.15) is 60.8 Å². The topological polar surface area (TPSA) is 207 Å². The van der Waals surface area contributed by atoms with E-state index in [1.807, 2.05) is 55.5 Å². The number of hydrazine groups is 1. The summed E-state index contributed by atoms with van der Waals surface area (Å²) in [6.07, 6.45) is 8.57. The van der Waals surface area contributed by atoms with E-state index in [0.717, 1.165) is 102 Å². The molecule has 10 N–H and O–H groups in total. The van der Waals surface area contributed by atoms with E-state index < -0.39 is 22.2 Å². The second kappa shape index (κ2) is 19.1. The van der Waals surface area contributed by atoms with Crippen molar-refractivity contribution in [2.45, 2.75) is 70.1 Å². The fourth-order valence-electron chi connectivity index (χ4n) is 7.18. The van der Waals surface area contributed by atoms with E-state index >= 15 is 0 Å². The molecule has 0 aliphatic carbocycles. The predicted molar refractivity (Wildman–Crippen MR) is 231 cm³/mol. The van der Waals surface area contributed by atoms with Crippen LogP contribution in [-0.4, -0.2) is 44.9 Å². The van der Waals surface area contributed by atoms with Gasteiger partial charge in [0.2, 0.25) is 0 Å². The summed E-state index contributed by atoms with van der Waals surface area (Å²) in [6, 6.07) is 35.0. The lowest BCUT2D eigenvalue weighted by molar-refractivity contribution is 0.0235. The second-order valence-electron chi connectivity index (χ2n) is 14.7. The summed E-state index contributed by atoms with van der Waals surface area (Å²) in [6.45, 7) is 4.01. The molecule has 0 heterocycles. The lowest BCUT2D eigenvalue weighted by atomic mass is 9.94. The maximum atomic E-state index is 10.0. The summed E-state index contributed by atoms with van der Waals surface area (Å²) >= 11 is 0. The van der Waals surface area contributed by atoms with E-state index in [9.17, 15) is 44.9 Å². The van der Waals surface area contributed by atoms with Crippen LogP contribution in [0.5, 0.6) is 0 Å². The third-order valence-corrected chi connectivity index (χ3v) is 11.2. The summed E-state index contributed by atoms with van der Waals surface area (Å²) in [5.41, 5.74) is 9.56. The number of hydrogen-bond donors (Lipinski definition) is 10. The molecule has 0 radical (unpaired) electrons. The van der Waals surface area contributed by atoms with Gasteiger partial charge in [0, 0.05) is 0 Å². The Hall–Kier alpha value is -5.43. The summed E-state index contributed by atoms with van der Waals surface area (Å²) in [5, 5.41) is 62.2. The Kier molecular flexibility index (Phi) is 14.0. The minimum absolute atomic E-state index is 0.0952. The molecule has 6 aromatic rings. The SMILES string of the molecule is Cc1ccc(N(Nc2c(N(O)O)cc(N(O)O)cc2N(O)O)c2ccc(CCCCCCCCc3ccc4c(-c5ccc(S(O)(O)O)cc5)cc(C)cc4c3)cc2)cc1. The molecule has 0 fully saturated rings. The maximum Gasteiger partial charge on any atom is 0.124 e. The molecule has 0 unspecified atom stereocenters. The van der Waals surface area contributed by atoms with E-state index in [1.165, 1.54) is 5.56 Å². The number of nitrogens with one attached hydrogen (secondary N) is 1.